The molecule has 0 fully saturated rings. The van der Waals surface area contributed by atoms with Gasteiger partial charge in [0.25, 0.3) is 0 Å². The third-order valence-corrected chi connectivity index (χ3v) is 4.32. The number of aryl methyl sites for hydroxylation is 2. The lowest BCUT2D eigenvalue weighted by Crippen LogP contribution is -2.05. The Balaban J connectivity index is 1.73. The number of halogens is 1. The average Bonchev–Trinajstić information content (AvgIpc) is 2.94. The number of carbonyl (C=O) groups is 1. The molecule has 0 saturated carbocycles. The summed E-state index contributed by atoms with van der Waals surface area (Å²) in [5.41, 5.74) is 3.18. The van der Waals surface area contributed by atoms with E-state index in [-0.39, 0.29) is 0 Å². The number of hydrogen-bond donors (Lipinski definition) is 0. The van der Waals surface area contributed by atoms with Crippen LogP contribution in [-0.4, -0.2) is 19.0 Å². The highest BCUT2D eigenvalue weighted by Crippen LogP contribution is 2.23. The first-order valence-electron chi connectivity index (χ1n) is 7.96. The topological polar surface area (TPSA) is 47.9 Å². The quantitative estimate of drug-likeness (QED) is 0.582. The van der Waals surface area contributed by atoms with E-state index in [1.54, 1.807) is 13.2 Å². The normalized spacial score (nSPS) is 15.2. The Morgan fingerprint density at radius 1 is 1.20 bits per heavy atom. The third-order valence-electron chi connectivity index (χ3n) is 3.95. The SMILES string of the molecule is COc1ccc(/C=C2/N=C(CCc3ccccc3Cl)OC2=O)cc1C. The molecule has 0 unspecified atom stereocenters. The van der Waals surface area contributed by atoms with Crippen molar-refractivity contribution >= 4 is 29.5 Å². The molecule has 4 nitrogen and oxygen atoms in total. The van der Waals surface area contributed by atoms with Gasteiger partial charge in [-0.2, -0.15) is 0 Å². The Hall–Kier alpha value is -2.59. The zero-order chi connectivity index (χ0) is 17.8. The zero-order valence-electron chi connectivity index (χ0n) is 14.1. The molecule has 0 atom stereocenters. The van der Waals surface area contributed by atoms with Crippen molar-refractivity contribution in [2.24, 2.45) is 4.99 Å². The monoisotopic (exact) mass is 355 g/mol. The lowest BCUT2D eigenvalue weighted by atomic mass is 10.1. The van der Waals surface area contributed by atoms with E-state index in [4.69, 9.17) is 21.1 Å². The van der Waals surface area contributed by atoms with Crippen molar-refractivity contribution in [3.8, 4) is 5.75 Å². The number of hydrogen-bond acceptors (Lipinski definition) is 4. The van der Waals surface area contributed by atoms with Crippen molar-refractivity contribution in [1.82, 2.24) is 0 Å². The van der Waals surface area contributed by atoms with Crippen LogP contribution >= 0.6 is 11.6 Å². The number of aliphatic imine (C=N–C) groups is 1. The fourth-order valence-electron chi connectivity index (χ4n) is 2.65. The van der Waals surface area contributed by atoms with E-state index in [9.17, 15) is 4.79 Å². The maximum Gasteiger partial charge on any atom is 0.363 e. The predicted molar refractivity (Wildman–Crippen MR) is 99.0 cm³/mol. The van der Waals surface area contributed by atoms with Crippen molar-refractivity contribution in [1.29, 1.82) is 0 Å². The number of benzene rings is 2. The van der Waals surface area contributed by atoms with Gasteiger partial charge in [-0.25, -0.2) is 9.79 Å². The van der Waals surface area contributed by atoms with E-state index in [0.717, 1.165) is 22.4 Å². The number of cyclic esters (lactones) is 1. The van der Waals surface area contributed by atoms with Crippen LogP contribution in [0.5, 0.6) is 5.75 Å². The second-order valence-electron chi connectivity index (χ2n) is 5.75. The Morgan fingerprint density at radius 2 is 2.00 bits per heavy atom. The molecular formula is C20H18ClNO3. The lowest BCUT2D eigenvalue weighted by Gasteiger charge is -2.04. The molecular weight excluding hydrogens is 338 g/mol. The van der Waals surface area contributed by atoms with Gasteiger partial charge in [0.15, 0.2) is 11.6 Å². The predicted octanol–water partition coefficient (Wildman–Crippen LogP) is 4.59. The lowest BCUT2D eigenvalue weighted by molar-refractivity contribution is -0.130. The molecule has 0 aromatic heterocycles. The van der Waals surface area contributed by atoms with Crippen LogP contribution in [0.1, 0.15) is 23.1 Å². The Labute approximate surface area is 151 Å². The number of esters is 1. The van der Waals surface area contributed by atoms with Gasteiger partial charge in [0.2, 0.25) is 0 Å². The molecule has 1 aliphatic heterocycles. The van der Waals surface area contributed by atoms with Gasteiger partial charge >= 0.3 is 5.97 Å². The van der Waals surface area contributed by atoms with Crippen LogP contribution in [0.3, 0.4) is 0 Å². The summed E-state index contributed by atoms with van der Waals surface area (Å²) in [5, 5.41) is 0.705. The van der Waals surface area contributed by atoms with Crippen LogP contribution in [0.25, 0.3) is 6.08 Å². The molecule has 1 aliphatic rings. The summed E-state index contributed by atoms with van der Waals surface area (Å²) in [4.78, 5) is 16.3. The largest absolute Gasteiger partial charge is 0.496 e. The van der Waals surface area contributed by atoms with Crippen molar-refractivity contribution < 1.29 is 14.3 Å². The van der Waals surface area contributed by atoms with E-state index < -0.39 is 5.97 Å². The average molecular weight is 356 g/mol. The van der Waals surface area contributed by atoms with Crippen molar-refractivity contribution in [2.75, 3.05) is 7.11 Å². The van der Waals surface area contributed by atoms with Gasteiger partial charge in [-0.05, 0) is 54.3 Å². The maximum absolute atomic E-state index is 12.0. The molecule has 1 heterocycles. The van der Waals surface area contributed by atoms with Crippen LogP contribution in [0.2, 0.25) is 5.02 Å². The summed E-state index contributed by atoms with van der Waals surface area (Å²) < 4.78 is 10.5. The second kappa shape index (κ2) is 7.53. The summed E-state index contributed by atoms with van der Waals surface area (Å²) in [6, 6.07) is 13.3. The minimum Gasteiger partial charge on any atom is -0.496 e. The number of methoxy groups -OCH3 is 1. The summed E-state index contributed by atoms with van der Waals surface area (Å²) in [6.45, 7) is 1.95. The molecule has 0 spiro atoms. The second-order valence-corrected chi connectivity index (χ2v) is 6.15. The molecule has 0 bridgehead atoms. The van der Waals surface area contributed by atoms with Crippen molar-refractivity contribution in [3.05, 3.63) is 69.9 Å². The van der Waals surface area contributed by atoms with Gasteiger partial charge in [0, 0.05) is 11.4 Å². The molecule has 3 rings (SSSR count). The minimum atomic E-state index is -0.428. The molecule has 0 N–H and O–H groups in total. The number of nitrogens with zero attached hydrogens (tertiary/aromatic N) is 1. The number of rotatable bonds is 5. The van der Waals surface area contributed by atoms with Crippen LogP contribution in [0, 0.1) is 6.92 Å². The van der Waals surface area contributed by atoms with Gasteiger partial charge in [-0.15, -0.1) is 0 Å². The standard InChI is InChI=1S/C20H18ClNO3/c1-13-11-14(7-9-18(13)24-2)12-17-20(23)25-19(22-17)10-8-15-5-3-4-6-16(15)21/h3-7,9,11-12H,8,10H2,1-2H3/b17-12+. The van der Waals surface area contributed by atoms with E-state index in [0.29, 0.717) is 29.5 Å². The van der Waals surface area contributed by atoms with Crippen LogP contribution < -0.4 is 4.74 Å². The highest BCUT2D eigenvalue weighted by Gasteiger charge is 2.22. The van der Waals surface area contributed by atoms with Gasteiger partial charge in [0.05, 0.1) is 7.11 Å². The van der Waals surface area contributed by atoms with Crippen LogP contribution in [0.4, 0.5) is 0 Å². The smallest absolute Gasteiger partial charge is 0.363 e. The van der Waals surface area contributed by atoms with E-state index >= 15 is 0 Å². The van der Waals surface area contributed by atoms with Crippen LogP contribution in [0.15, 0.2) is 53.2 Å². The number of ether oxygens (including phenoxy) is 2. The number of carbonyl (C=O) groups excluding carboxylic acids is 1. The van der Waals surface area contributed by atoms with Gasteiger partial charge in [0.1, 0.15) is 5.75 Å². The van der Waals surface area contributed by atoms with Crippen LogP contribution in [-0.2, 0) is 16.0 Å². The molecule has 25 heavy (non-hydrogen) atoms. The third kappa shape index (κ3) is 4.09. The molecule has 128 valence electrons. The molecule has 0 aliphatic carbocycles. The molecule has 2 aromatic carbocycles. The van der Waals surface area contributed by atoms with E-state index in [1.165, 1.54) is 0 Å². The molecule has 2 aromatic rings. The Morgan fingerprint density at radius 3 is 2.72 bits per heavy atom. The Bertz CT molecular complexity index is 871. The van der Waals surface area contributed by atoms with Gasteiger partial charge in [-0.3, -0.25) is 0 Å². The van der Waals surface area contributed by atoms with Gasteiger partial charge < -0.3 is 9.47 Å². The van der Waals surface area contributed by atoms with E-state index in [1.807, 2.05) is 49.4 Å². The van der Waals surface area contributed by atoms with Crippen molar-refractivity contribution in [3.63, 3.8) is 0 Å². The summed E-state index contributed by atoms with van der Waals surface area (Å²) >= 11 is 6.14. The molecule has 0 saturated heterocycles. The maximum atomic E-state index is 12.0. The molecule has 0 amide bonds. The highest BCUT2D eigenvalue weighted by atomic mass is 35.5. The summed E-state index contributed by atoms with van der Waals surface area (Å²) in [5.74, 6) is 0.795. The minimum absolute atomic E-state index is 0.304. The molecule has 5 heteroatoms. The van der Waals surface area contributed by atoms with Crippen molar-refractivity contribution in [2.45, 2.75) is 19.8 Å². The fraction of sp³-hybridized carbons (Fsp3) is 0.200. The highest BCUT2D eigenvalue weighted by molar-refractivity contribution is 6.31. The first kappa shape index (κ1) is 17.2. The first-order chi connectivity index (χ1) is 12.1. The van der Waals surface area contributed by atoms with Gasteiger partial charge in [-0.1, -0.05) is 35.9 Å². The summed E-state index contributed by atoms with van der Waals surface area (Å²) in [6.07, 6.45) is 2.91. The molecule has 0 radical (unpaired) electrons. The first-order valence-corrected chi connectivity index (χ1v) is 8.34. The summed E-state index contributed by atoms with van der Waals surface area (Å²) in [7, 11) is 1.63. The zero-order valence-corrected chi connectivity index (χ0v) is 14.8. The fourth-order valence-corrected chi connectivity index (χ4v) is 2.88. The van der Waals surface area contributed by atoms with E-state index in [2.05, 4.69) is 4.99 Å². The Kier molecular flexibility index (Phi) is 5.19.